The third-order valence-electron chi connectivity index (χ3n) is 24.6. The Morgan fingerprint density at radius 3 is 1.22 bits per heavy atom. The minimum Gasteiger partial charge on any atom is -0.311 e. The number of hydrogen-bond acceptors (Lipinski definition) is 2. The zero-order chi connectivity index (χ0) is 70.2. The van der Waals surface area contributed by atoms with Gasteiger partial charge >= 0.3 is 0 Å². The average Bonchev–Trinajstić information content (AvgIpc) is 1.14. The van der Waals surface area contributed by atoms with Crippen LogP contribution in [-0.2, 0) is 27.1 Å². The Morgan fingerprint density at radius 2 is 0.670 bits per heavy atom. The molecular formula is C98H87BN4. The molecule has 0 spiro atoms. The van der Waals surface area contributed by atoms with Crippen molar-refractivity contribution >= 4 is 101 Å². The Labute approximate surface area is 607 Å². The number of rotatable bonds is 8. The highest BCUT2D eigenvalue weighted by molar-refractivity contribution is 7.00. The molecular weight excluding hydrogens is 1240 g/mol. The molecule has 502 valence electrons. The molecule has 103 heavy (non-hydrogen) atoms. The van der Waals surface area contributed by atoms with Gasteiger partial charge in [0.15, 0.2) is 0 Å². The van der Waals surface area contributed by atoms with Crippen LogP contribution < -0.4 is 26.2 Å². The van der Waals surface area contributed by atoms with Crippen molar-refractivity contribution in [1.82, 2.24) is 9.13 Å². The van der Waals surface area contributed by atoms with Gasteiger partial charge in [-0.25, -0.2) is 0 Å². The highest BCUT2D eigenvalue weighted by Crippen LogP contribution is 2.52. The van der Waals surface area contributed by atoms with Crippen LogP contribution in [0.3, 0.4) is 0 Å². The highest BCUT2D eigenvalue weighted by atomic mass is 15.2. The van der Waals surface area contributed by atoms with Crippen LogP contribution in [0, 0.1) is 0 Å². The number of aromatic nitrogens is 2. The number of para-hydroxylation sites is 3. The van der Waals surface area contributed by atoms with Crippen molar-refractivity contribution in [2.24, 2.45) is 0 Å². The Kier molecular flexibility index (Phi) is 14.0. The predicted octanol–water partition coefficient (Wildman–Crippen LogP) is 24.6. The number of hydrogen-bond donors (Lipinski definition) is 0. The first-order chi connectivity index (χ1) is 49.7. The Balaban J connectivity index is 0.885. The van der Waals surface area contributed by atoms with E-state index in [0.29, 0.717) is 0 Å². The predicted molar refractivity (Wildman–Crippen MR) is 440 cm³/mol. The zero-order valence-electron chi connectivity index (χ0n) is 61.3. The summed E-state index contributed by atoms with van der Waals surface area (Å²) in [4.78, 5) is 5.25. The molecule has 0 N–H and O–H groups in total. The summed E-state index contributed by atoms with van der Waals surface area (Å²) in [6.45, 7) is 26.3. The molecule has 0 amide bonds. The standard InChI is InChI=1S/C98H87BN4/c1-94(2,3)70-25-21-24-65(54-70)69-39-49-89-84(58-69)99-83-47-44-73(102-87-31-20-17-28-77(87)78-55-66(38-48-88(78)102)62-22-13-12-14-23-62)59-90(83)101(72-42-34-64(35-43-72)68-37-46-80-82(57-68)98(10,11)53-51-96(80,6)7)92-61-74(103-85-29-18-15-26-75(85)76-27-16-19-30-86(76)103)60-91(93(92)99)100(89)71-40-32-63(33-41-71)67-36-45-79-81(56-67)97(8,9)52-50-95(79,4)5/h12-49,54-61H,50-53H2,1-11H3. The highest BCUT2D eigenvalue weighted by Gasteiger charge is 2.45. The lowest BCUT2D eigenvalue weighted by atomic mass is 9.33. The molecule has 0 atom stereocenters. The summed E-state index contributed by atoms with van der Waals surface area (Å²) in [7, 11) is 0. The molecule has 0 radical (unpaired) electrons. The first-order valence-corrected chi connectivity index (χ1v) is 37.4. The molecule has 4 nitrogen and oxygen atoms in total. The van der Waals surface area contributed by atoms with Gasteiger partial charge in [-0.1, -0.05) is 270 Å². The van der Waals surface area contributed by atoms with E-state index in [-0.39, 0.29) is 33.8 Å². The lowest BCUT2D eigenvalue weighted by Crippen LogP contribution is -2.61. The van der Waals surface area contributed by atoms with Gasteiger partial charge in [0.1, 0.15) is 0 Å². The average molecular weight is 1330 g/mol. The van der Waals surface area contributed by atoms with Crippen LogP contribution in [0.4, 0.5) is 34.1 Å². The fraction of sp³-hybridized carbons (Fsp3) is 0.204. The van der Waals surface area contributed by atoms with Gasteiger partial charge in [0.2, 0.25) is 0 Å². The lowest BCUT2D eigenvalue weighted by molar-refractivity contribution is 0.332. The molecule has 15 aromatic rings. The van der Waals surface area contributed by atoms with Gasteiger partial charge in [0.05, 0.1) is 27.8 Å². The molecule has 13 aromatic carbocycles. The molecule has 19 rings (SSSR count). The molecule has 0 saturated carbocycles. The molecule has 0 saturated heterocycles. The van der Waals surface area contributed by atoms with E-state index in [2.05, 4.69) is 374 Å². The molecule has 5 heteroatoms. The largest absolute Gasteiger partial charge is 0.311 e. The van der Waals surface area contributed by atoms with Crippen LogP contribution in [0.2, 0.25) is 0 Å². The Bertz CT molecular complexity index is 5930. The van der Waals surface area contributed by atoms with Crippen molar-refractivity contribution in [3.05, 3.63) is 307 Å². The Morgan fingerprint density at radius 1 is 0.272 bits per heavy atom. The van der Waals surface area contributed by atoms with Crippen molar-refractivity contribution in [2.45, 2.75) is 129 Å². The fourth-order valence-corrected chi connectivity index (χ4v) is 18.5. The van der Waals surface area contributed by atoms with E-state index in [0.717, 1.165) is 39.8 Å². The molecule has 0 fully saturated rings. The fourth-order valence-electron chi connectivity index (χ4n) is 18.5. The molecule has 0 bridgehead atoms. The summed E-state index contributed by atoms with van der Waals surface area (Å²) in [6.07, 6.45) is 4.71. The van der Waals surface area contributed by atoms with Gasteiger partial charge in [-0.2, -0.15) is 0 Å². The maximum absolute atomic E-state index is 2.64. The van der Waals surface area contributed by atoms with Crippen molar-refractivity contribution in [1.29, 1.82) is 0 Å². The normalized spacial score (nSPS) is 16.0. The van der Waals surface area contributed by atoms with Crippen molar-refractivity contribution in [3.8, 4) is 55.9 Å². The number of fused-ring (bicyclic) bond motifs is 12. The summed E-state index contributed by atoms with van der Waals surface area (Å²) < 4.78 is 5.05. The zero-order valence-corrected chi connectivity index (χ0v) is 61.3. The van der Waals surface area contributed by atoms with Gasteiger partial charge in [0, 0.05) is 61.4 Å². The number of anilines is 6. The lowest BCUT2D eigenvalue weighted by Gasteiger charge is -2.44. The molecule has 2 aliphatic carbocycles. The van der Waals surface area contributed by atoms with Gasteiger partial charge in [-0.15, -0.1) is 0 Å². The smallest absolute Gasteiger partial charge is 0.252 e. The van der Waals surface area contributed by atoms with Gasteiger partial charge in [-0.3, -0.25) is 0 Å². The summed E-state index contributed by atoms with van der Waals surface area (Å²) in [6, 6.07) is 108. The van der Waals surface area contributed by atoms with E-state index in [1.807, 2.05) is 0 Å². The van der Waals surface area contributed by atoms with E-state index < -0.39 is 0 Å². The summed E-state index contributed by atoms with van der Waals surface area (Å²) in [5.74, 6) is 0. The van der Waals surface area contributed by atoms with E-state index in [9.17, 15) is 0 Å². The molecule has 4 heterocycles. The van der Waals surface area contributed by atoms with Gasteiger partial charge in [0.25, 0.3) is 6.71 Å². The first kappa shape index (κ1) is 63.1. The van der Waals surface area contributed by atoms with Crippen LogP contribution >= 0.6 is 0 Å². The SMILES string of the molecule is CC(C)(C)c1cccc(-c2ccc3c(c2)B2c4ccc(-n5c6ccccc6c6cc(-c7ccccc7)ccc65)cc4N(c4ccc(-c5ccc6c(c5)C(C)(C)CCC6(C)C)cc4)c4cc(-n5c6ccccc6c6ccccc65)cc(c42)N3c2ccc(-c3ccc4c(c3)C(C)(C)CCC4(C)C)cc2)c1. The van der Waals surface area contributed by atoms with E-state index in [1.165, 1.54) is 164 Å². The van der Waals surface area contributed by atoms with Gasteiger partial charge in [-0.05, 0) is 226 Å². The van der Waals surface area contributed by atoms with E-state index in [1.54, 1.807) is 0 Å². The first-order valence-electron chi connectivity index (χ1n) is 37.4. The number of benzene rings is 13. The van der Waals surface area contributed by atoms with Crippen LogP contribution in [0.5, 0.6) is 0 Å². The maximum Gasteiger partial charge on any atom is 0.252 e. The van der Waals surface area contributed by atoms with E-state index >= 15 is 0 Å². The van der Waals surface area contributed by atoms with Crippen LogP contribution in [-0.4, -0.2) is 15.8 Å². The number of nitrogens with zero attached hydrogens (tertiary/aromatic N) is 4. The second-order valence-electron chi connectivity index (χ2n) is 33.8. The van der Waals surface area contributed by atoms with Crippen molar-refractivity contribution < 1.29 is 0 Å². The van der Waals surface area contributed by atoms with Crippen LogP contribution in [0.1, 0.15) is 130 Å². The second kappa shape index (κ2) is 22.8. The van der Waals surface area contributed by atoms with Gasteiger partial charge < -0.3 is 18.9 Å². The summed E-state index contributed by atoms with van der Waals surface area (Å²) >= 11 is 0. The Hall–Kier alpha value is -10.9. The summed E-state index contributed by atoms with van der Waals surface area (Å²) in [5, 5.41) is 4.93. The minimum atomic E-state index is -0.175. The molecule has 2 aliphatic heterocycles. The third kappa shape index (κ3) is 9.99. The monoisotopic (exact) mass is 1330 g/mol. The third-order valence-corrected chi connectivity index (χ3v) is 24.6. The second-order valence-corrected chi connectivity index (χ2v) is 33.8. The summed E-state index contributed by atoms with van der Waals surface area (Å²) in [5.41, 5.74) is 35.0. The minimum absolute atomic E-state index is 0.0299. The van der Waals surface area contributed by atoms with Crippen LogP contribution in [0.15, 0.2) is 279 Å². The van der Waals surface area contributed by atoms with Crippen LogP contribution in [0.25, 0.3) is 99.5 Å². The molecule has 0 unspecified atom stereocenters. The van der Waals surface area contributed by atoms with Crippen molar-refractivity contribution in [2.75, 3.05) is 9.80 Å². The van der Waals surface area contributed by atoms with E-state index in [4.69, 9.17) is 0 Å². The quantitative estimate of drug-likeness (QED) is 0.141. The maximum atomic E-state index is 2.64. The topological polar surface area (TPSA) is 16.3 Å². The van der Waals surface area contributed by atoms with Crippen molar-refractivity contribution in [3.63, 3.8) is 0 Å². The molecule has 4 aliphatic rings. The molecule has 2 aromatic heterocycles.